The van der Waals surface area contributed by atoms with Gasteiger partial charge in [-0.1, -0.05) is 22.0 Å². The van der Waals surface area contributed by atoms with Crippen LogP contribution in [0.15, 0.2) is 47.1 Å². The summed E-state index contributed by atoms with van der Waals surface area (Å²) in [5, 5.41) is 3.27. The fourth-order valence-electron chi connectivity index (χ4n) is 1.38. The van der Waals surface area contributed by atoms with Gasteiger partial charge in [-0.2, -0.15) is 0 Å². The van der Waals surface area contributed by atoms with Crippen LogP contribution in [0, 0.1) is 0 Å². The second-order valence-electron chi connectivity index (χ2n) is 3.40. The van der Waals surface area contributed by atoms with Crippen LogP contribution in [0.2, 0.25) is 0 Å². The summed E-state index contributed by atoms with van der Waals surface area (Å²) in [7, 11) is 0. The predicted molar refractivity (Wildman–Crippen MR) is 70.1 cm³/mol. The van der Waals surface area contributed by atoms with Crippen LogP contribution >= 0.6 is 15.9 Å². The first kappa shape index (κ1) is 11.0. The maximum absolute atomic E-state index is 5.80. The molecule has 0 amide bonds. The Morgan fingerprint density at radius 3 is 2.88 bits per heavy atom. The molecule has 0 bridgehead atoms. The summed E-state index contributed by atoms with van der Waals surface area (Å²) in [6, 6.07) is 11.7. The van der Waals surface area contributed by atoms with Crippen molar-refractivity contribution in [2.45, 2.75) is 6.54 Å². The van der Waals surface area contributed by atoms with Gasteiger partial charge in [0, 0.05) is 16.4 Å². The molecule has 0 aliphatic heterocycles. The molecule has 0 aliphatic rings. The van der Waals surface area contributed by atoms with E-state index in [4.69, 9.17) is 5.73 Å². The molecule has 3 nitrogen and oxygen atoms in total. The lowest BCUT2D eigenvalue weighted by Gasteiger charge is -2.07. The highest BCUT2D eigenvalue weighted by Crippen LogP contribution is 2.17. The zero-order valence-electron chi connectivity index (χ0n) is 8.65. The van der Waals surface area contributed by atoms with Gasteiger partial charge < -0.3 is 11.1 Å². The van der Waals surface area contributed by atoms with E-state index in [9.17, 15) is 0 Å². The zero-order valence-corrected chi connectivity index (χ0v) is 10.2. The molecular weight excluding hydrogens is 266 g/mol. The highest BCUT2D eigenvalue weighted by molar-refractivity contribution is 9.10. The average molecular weight is 278 g/mol. The number of aromatic nitrogens is 1. The van der Waals surface area contributed by atoms with Crippen LogP contribution in [-0.4, -0.2) is 4.98 Å². The second kappa shape index (κ2) is 4.99. The summed E-state index contributed by atoms with van der Waals surface area (Å²) in [4.78, 5) is 4.22. The van der Waals surface area contributed by atoms with Crippen molar-refractivity contribution in [3.8, 4) is 0 Å². The van der Waals surface area contributed by atoms with Gasteiger partial charge in [-0.15, -0.1) is 0 Å². The number of nitrogen functional groups attached to an aromatic ring is 1. The number of nitrogens with two attached hydrogens (primary N) is 1. The van der Waals surface area contributed by atoms with Gasteiger partial charge >= 0.3 is 0 Å². The van der Waals surface area contributed by atoms with Crippen LogP contribution in [0.5, 0.6) is 0 Å². The molecule has 0 saturated heterocycles. The first-order chi connectivity index (χ1) is 7.75. The van der Waals surface area contributed by atoms with Gasteiger partial charge in [-0.05, 0) is 30.3 Å². The number of hydrogen-bond donors (Lipinski definition) is 2. The number of halogens is 1. The summed E-state index contributed by atoms with van der Waals surface area (Å²) >= 11 is 3.42. The smallest absolute Gasteiger partial charge is 0.0823 e. The highest BCUT2D eigenvalue weighted by Gasteiger charge is 1.99. The normalized spacial score (nSPS) is 10.1. The number of nitrogens with zero attached hydrogens (tertiary/aromatic N) is 1. The van der Waals surface area contributed by atoms with E-state index in [1.165, 1.54) is 0 Å². The molecule has 0 saturated carbocycles. The molecule has 82 valence electrons. The van der Waals surface area contributed by atoms with Crippen molar-refractivity contribution in [1.82, 2.24) is 4.98 Å². The van der Waals surface area contributed by atoms with E-state index in [-0.39, 0.29) is 0 Å². The van der Waals surface area contributed by atoms with E-state index < -0.39 is 0 Å². The number of anilines is 2. The van der Waals surface area contributed by atoms with E-state index in [1.807, 2.05) is 36.4 Å². The SMILES string of the molecule is Nc1cccnc1CNc1cccc(Br)c1. The van der Waals surface area contributed by atoms with Crippen molar-refractivity contribution in [3.05, 3.63) is 52.8 Å². The number of pyridine rings is 1. The zero-order chi connectivity index (χ0) is 11.4. The Labute approximate surface area is 103 Å². The molecule has 0 fully saturated rings. The van der Waals surface area contributed by atoms with E-state index in [0.29, 0.717) is 12.2 Å². The molecule has 2 rings (SSSR count). The van der Waals surface area contributed by atoms with E-state index in [0.717, 1.165) is 15.9 Å². The Morgan fingerprint density at radius 2 is 2.12 bits per heavy atom. The molecule has 1 heterocycles. The predicted octanol–water partition coefficient (Wildman–Crippen LogP) is 3.04. The molecule has 3 N–H and O–H groups in total. The van der Waals surface area contributed by atoms with Gasteiger partial charge in [0.2, 0.25) is 0 Å². The Hall–Kier alpha value is -1.55. The first-order valence-corrected chi connectivity index (χ1v) is 5.74. The van der Waals surface area contributed by atoms with Crippen LogP contribution in [0.3, 0.4) is 0 Å². The molecule has 0 unspecified atom stereocenters. The molecular formula is C12H12BrN3. The molecule has 0 aliphatic carbocycles. The Balaban J connectivity index is 2.05. The quantitative estimate of drug-likeness (QED) is 0.907. The monoisotopic (exact) mass is 277 g/mol. The Morgan fingerprint density at radius 1 is 1.25 bits per heavy atom. The summed E-state index contributed by atoms with van der Waals surface area (Å²) < 4.78 is 1.05. The molecule has 0 atom stereocenters. The van der Waals surface area contributed by atoms with Crippen LogP contribution in [-0.2, 0) is 6.54 Å². The van der Waals surface area contributed by atoms with Crippen molar-refractivity contribution in [3.63, 3.8) is 0 Å². The lowest BCUT2D eigenvalue weighted by Crippen LogP contribution is -2.04. The number of benzene rings is 1. The largest absolute Gasteiger partial charge is 0.397 e. The number of rotatable bonds is 3. The van der Waals surface area contributed by atoms with Gasteiger partial charge in [-0.3, -0.25) is 4.98 Å². The van der Waals surface area contributed by atoms with E-state index in [2.05, 4.69) is 26.2 Å². The number of hydrogen-bond acceptors (Lipinski definition) is 3. The molecule has 0 spiro atoms. The minimum atomic E-state index is 0.628. The maximum atomic E-state index is 5.80. The topological polar surface area (TPSA) is 50.9 Å². The highest BCUT2D eigenvalue weighted by atomic mass is 79.9. The van der Waals surface area contributed by atoms with Crippen molar-refractivity contribution in [2.24, 2.45) is 0 Å². The minimum absolute atomic E-state index is 0.628. The van der Waals surface area contributed by atoms with Gasteiger partial charge in [0.05, 0.1) is 17.9 Å². The molecule has 2 aromatic rings. The van der Waals surface area contributed by atoms with E-state index in [1.54, 1.807) is 6.20 Å². The van der Waals surface area contributed by atoms with Gasteiger partial charge in [0.15, 0.2) is 0 Å². The van der Waals surface area contributed by atoms with Crippen LogP contribution in [0.25, 0.3) is 0 Å². The fourth-order valence-corrected chi connectivity index (χ4v) is 1.78. The third-order valence-electron chi connectivity index (χ3n) is 2.21. The fraction of sp³-hybridized carbons (Fsp3) is 0.0833. The average Bonchev–Trinajstić information content (AvgIpc) is 2.28. The van der Waals surface area contributed by atoms with Crippen LogP contribution in [0.1, 0.15) is 5.69 Å². The van der Waals surface area contributed by atoms with Crippen LogP contribution < -0.4 is 11.1 Å². The standard InChI is InChI=1S/C12H12BrN3/c13-9-3-1-4-10(7-9)16-8-12-11(14)5-2-6-15-12/h1-7,16H,8,14H2. The first-order valence-electron chi connectivity index (χ1n) is 4.94. The summed E-state index contributed by atoms with van der Waals surface area (Å²) in [5.41, 5.74) is 8.42. The summed E-state index contributed by atoms with van der Waals surface area (Å²) in [5.74, 6) is 0. The Bertz CT molecular complexity index is 485. The lowest BCUT2D eigenvalue weighted by molar-refractivity contribution is 1.05. The minimum Gasteiger partial charge on any atom is -0.397 e. The third kappa shape index (κ3) is 2.73. The van der Waals surface area contributed by atoms with Crippen molar-refractivity contribution >= 4 is 27.3 Å². The Kier molecular flexibility index (Phi) is 3.41. The molecule has 4 heteroatoms. The summed E-state index contributed by atoms with van der Waals surface area (Å²) in [6.07, 6.45) is 1.74. The molecule has 1 aromatic heterocycles. The lowest BCUT2D eigenvalue weighted by atomic mass is 10.3. The number of nitrogens with one attached hydrogen (secondary N) is 1. The van der Waals surface area contributed by atoms with Gasteiger partial charge in [0.25, 0.3) is 0 Å². The van der Waals surface area contributed by atoms with Crippen molar-refractivity contribution in [2.75, 3.05) is 11.1 Å². The van der Waals surface area contributed by atoms with E-state index >= 15 is 0 Å². The molecule has 16 heavy (non-hydrogen) atoms. The van der Waals surface area contributed by atoms with Crippen LogP contribution in [0.4, 0.5) is 11.4 Å². The van der Waals surface area contributed by atoms with Crippen molar-refractivity contribution < 1.29 is 0 Å². The second-order valence-corrected chi connectivity index (χ2v) is 4.32. The van der Waals surface area contributed by atoms with Gasteiger partial charge in [0.1, 0.15) is 0 Å². The maximum Gasteiger partial charge on any atom is 0.0823 e. The molecule has 0 radical (unpaired) electrons. The van der Waals surface area contributed by atoms with Crippen molar-refractivity contribution in [1.29, 1.82) is 0 Å². The summed E-state index contributed by atoms with van der Waals surface area (Å²) in [6.45, 7) is 0.628. The van der Waals surface area contributed by atoms with Gasteiger partial charge in [-0.25, -0.2) is 0 Å². The third-order valence-corrected chi connectivity index (χ3v) is 2.70. The molecule has 1 aromatic carbocycles.